The van der Waals surface area contributed by atoms with E-state index >= 15 is 0 Å². The highest BCUT2D eigenvalue weighted by Crippen LogP contribution is 2.16. The second-order valence-corrected chi connectivity index (χ2v) is 5.72. The van der Waals surface area contributed by atoms with Crippen molar-refractivity contribution in [3.8, 4) is 0 Å². The second-order valence-electron chi connectivity index (χ2n) is 5.72. The Morgan fingerprint density at radius 2 is 1.68 bits per heavy atom. The van der Waals surface area contributed by atoms with E-state index in [1.807, 2.05) is 30.3 Å². The summed E-state index contributed by atoms with van der Waals surface area (Å²) in [5.74, 6) is -1.48. The summed E-state index contributed by atoms with van der Waals surface area (Å²) in [7, 11) is 0. The smallest absolute Gasteiger partial charge is 0.325 e. The van der Waals surface area contributed by atoms with Crippen LogP contribution in [0.1, 0.15) is 10.5 Å². The molecular weight excluding hydrogens is 324 g/mol. The summed E-state index contributed by atoms with van der Waals surface area (Å²) < 4.78 is 0.787. The van der Waals surface area contributed by atoms with Gasteiger partial charge in [-0.25, -0.2) is 4.68 Å². The van der Waals surface area contributed by atoms with Crippen LogP contribution in [0.15, 0.2) is 47.3 Å². The molecule has 1 aromatic carbocycles. The highest BCUT2D eigenvalue weighted by Gasteiger charge is 2.23. The molecule has 0 bridgehead atoms. The summed E-state index contributed by atoms with van der Waals surface area (Å²) in [6.45, 7) is 1.90. The van der Waals surface area contributed by atoms with Crippen LogP contribution < -0.4 is 10.5 Å². The predicted octanol–water partition coefficient (Wildman–Crippen LogP) is 0.290. The van der Waals surface area contributed by atoms with E-state index < -0.39 is 18.1 Å². The molecule has 0 radical (unpaired) electrons. The highest BCUT2D eigenvalue weighted by molar-refractivity contribution is 5.92. The number of amides is 1. The van der Waals surface area contributed by atoms with E-state index in [1.165, 1.54) is 12.1 Å². The van der Waals surface area contributed by atoms with Gasteiger partial charge in [-0.2, -0.15) is 5.10 Å². The number of carbonyl (C=O) groups excluding carboxylic acids is 1. The van der Waals surface area contributed by atoms with Crippen molar-refractivity contribution in [2.75, 3.05) is 31.1 Å². The number of hydrogen-bond acceptors (Lipinski definition) is 5. The molecule has 0 spiro atoms. The number of carboxylic acids is 1. The van der Waals surface area contributed by atoms with E-state index in [0.717, 1.165) is 10.4 Å². The lowest BCUT2D eigenvalue weighted by Crippen LogP contribution is -2.49. The fourth-order valence-corrected chi connectivity index (χ4v) is 2.77. The van der Waals surface area contributed by atoms with Gasteiger partial charge in [0.25, 0.3) is 11.5 Å². The largest absolute Gasteiger partial charge is 0.480 e. The van der Waals surface area contributed by atoms with E-state index in [4.69, 9.17) is 5.11 Å². The maximum Gasteiger partial charge on any atom is 0.325 e. The zero-order chi connectivity index (χ0) is 17.8. The van der Waals surface area contributed by atoms with E-state index in [2.05, 4.69) is 10.00 Å². The lowest BCUT2D eigenvalue weighted by molar-refractivity contribution is -0.138. The zero-order valence-corrected chi connectivity index (χ0v) is 13.5. The van der Waals surface area contributed by atoms with Gasteiger partial charge in [0.2, 0.25) is 0 Å². The lowest BCUT2D eigenvalue weighted by atomic mass is 10.2. The summed E-state index contributed by atoms with van der Waals surface area (Å²) >= 11 is 0. The maximum atomic E-state index is 12.6. The van der Waals surface area contributed by atoms with Crippen LogP contribution in [0.5, 0.6) is 0 Å². The fraction of sp³-hybridized carbons (Fsp3) is 0.294. The van der Waals surface area contributed by atoms with E-state index in [0.29, 0.717) is 26.2 Å². The molecule has 3 rings (SSSR count). The first kappa shape index (κ1) is 16.7. The Labute approximate surface area is 143 Å². The van der Waals surface area contributed by atoms with Gasteiger partial charge >= 0.3 is 5.97 Å². The average molecular weight is 342 g/mol. The highest BCUT2D eigenvalue weighted by atomic mass is 16.4. The summed E-state index contributed by atoms with van der Waals surface area (Å²) in [6.07, 6.45) is 0. The van der Waals surface area contributed by atoms with Crippen LogP contribution in [0.4, 0.5) is 5.69 Å². The Kier molecular flexibility index (Phi) is 4.78. The molecule has 2 aromatic rings. The molecule has 0 aliphatic carbocycles. The van der Waals surface area contributed by atoms with Crippen LogP contribution in [-0.4, -0.2) is 57.8 Å². The minimum absolute atomic E-state index is 0.0778. The van der Waals surface area contributed by atoms with E-state index in [1.54, 1.807) is 4.90 Å². The number of aliphatic carboxylic acids is 1. The van der Waals surface area contributed by atoms with Gasteiger partial charge in [0.1, 0.15) is 12.2 Å². The summed E-state index contributed by atoms with van der Waals surface area (Å²) in [4.78, 5) is 38.8. The number of anilines is 1. The van der Waals surface area contributed by atoms with Gasteiger partial charge in [0.15, 0.2) is 0 Å². The molecule has 1 aliphatic heterocycles. The molecule has 1 N–H and O–H groups in total. The molecule has 130 valence electrons. The Morgan fingerprint density at radius 3 is 2.32 bits per heavy atom. The van der Waals surface area contributed by atoms with Crippen molar-refractivity contribution in [2.24, 2.45) is 0 Å². The summed E-state index contributed by atoms with van der Waals surface area (Å²) in [6, 6.07) is 12.5. The van der Waals surface area contributed by atoms with E-state index in [9.17, 15) is 14.4 Å². The normalized spacial score (nSPS) is 14.4. The third-order valence-electron chi connectivity index (χ3n) is 4.06. The van der Waals surface area contributed by atoms with Crippen LogP contribution in [0.2, 0.25) is 0 Å². The first-order valence-corrected chi connectivity index (χ1v) is 7.94. The third kappa shape index (κ3) is 3.85. The maximum absolute atomic E-state index is 12.6. The first-order valence-electron chi connectivity index (χ1n) is 7.94. The molecular formula is C17H18N4O4. The lowest BCUT2D eigenvalue weighted by Gasteiger charge is -2.36. The van der Waals surface area contributed by atoms with Crippen molar-refractivity contribution < 1.29 is 14.7 Å². The van der Waals surface area contributed by atoms with Crippen molar-refractivity contribution in [1.29, 1.82) is 0 Å². The molecule has 8 heteroatoms. The molecule has 0 saturated carbocycles. The van der Waals surface area contributed by atoms with Crippen LogP contribution in [-0.2, 0) is 11.3 Å². The Morgan fingerprint density at radius 1 is 1.00 bits per heavy atom. The molecule has 8 nitrogen and oxygen atoms in total. The topological polar surface area (TPSA) is 95.7 Å². The van der Waals surface area contributed by atoms with Gasteiger partial charge in [-0.15, -0.1) is 0 Å². The summed E-state index contributed by atoms with van der Waals surface area (Å²) in [5, 5.41) is 12.7. The third-order valence-corrected chi connectivity index (χ3v) is 4.06. The SMILES string of the molecule is O=C(O)Cn1nc(C(=O)N2CCN(c3ccccc3)CC2)ccc1=O. The van der Waals surface area contributed by atoms with Gasteiger partial charge in [0.05, 0.1) is 0 Å². The number of para-hydroxylation sites is 1. The number of piperazine rings is 1. The number of nitrogens with zero attached hydrogens (tertiary/aromatic N) is 4. The van der Waals surface area contributed by atoms with Crippen LogP contribution in [0.3, 0.4) is 0 Å². The Hall–Kier alpha value is -3.16. The minimum atomic E-state index is -1.18. The molecule has 1 amide bonds. The molecule has 1 aliphatic rings. The van der Waals surface area contributed by atoms with Gasteiger partial charge in [0, 0.05) is 37.9 Å². The van der Waals surface area contributed by atoms with Gasteiger partial charge in [-0.3, -0.25) is 14.4 Å². The zero-order valence-electron chi connectivity index (χ0n) is 13.5. The van der Waals surface area contributed by atoms with Crippen molar-refractivity contribution >= 4 is 17.6 Å². The standard InChI is InChI=1S/C17H18N4O4/c22-15-7-6-14(18-21(15)12-16(23)24)17(25)20-10-8-19(9-11-20)13-4-2-1-3-5-13/h1-7H,8-12H2,(H,23,24). The monoisotopic (exact) mass is 342 g/mol. The Balaban J connectivity index is 1.68. The molecule has 1 aromatic heterocycles. The van der Waals surface area contributed by atoms with Crippen molar-refractivity contribution in [3.63, 3.8) is 0 Å². The van der Waals surface area contributed by atoms with Crippen molar-refractivity contribution in [1.82, 2.24) is 14.7 Å². The molecule has 2 heterocycles. The average Bonchev–Trinajstić information content (AvgIpc) is 2.63. The van der Waals surface area contributed by atoms with E-state index in [-0.39, 0.29) is 11.6 Å². The number of benzene rings is 1. The number of carboxylic acid groups (broad SMARTS) is 1. The number of rotatable bonds is 4. The molecule has 0 unspecified atom stereocenters. The van der Waals surface area contributed by atoms with Crippen LogP contribution in [0.25, 0.3) is 0 Å². The minimum Gasteiger partial charge on any atom is -0.480 e. The molecule has 25 heavy (non-hydrogen) atoms. The molecule has 1 saturated heterocycles. The fourth-order valence-electron chi connectivity index (χ4n) is 2.77. The van der Waals surface area contributed by atoms with Crippen molar-refractivity contribution in [3.05, 3.63) is 58.5 Å². The first-order chi connectivity index (χ1) is 12.0. The van der Waals surface area contributed by atoms with Gasteiger partial charge < -0.3 is 14.9 Å². The predicted molar refractivity (Wildman–Crippen MR) is 90.7 cm³/mol. The van der Waals surface area contributed by atoms with Crippen LogP contribution >= 0.6 is 0 Å². The second kappa shape index (κ2) is 7.16. The van der Waals surface area contributed by atoms with Gasteiger partial charge in [-0.05, 0) is 18.2 Å². The Bertz CT molecular complexity index is 826. The molecule has 1 fully saturated rings. The van der Waals surface area contributed by atoms with Crippen LogP contribution in [0, 0.1) is 0 Å². The number of carbonyl (C=O) groups is 2. The quantitative estimate of drug-likeness (QED) is 0.858. The molecule has 0 atom stereocenters. The van der Waals surface area contributed by atoms with Crippen molar-refractivity contribution in [2.45, 2.75) is 6.54 Å². The summed E-state index contributed by atoms with van der Waals surface area (Å²) in [5.41, 5.74) is 0.643. The number of aromatic nitrogens is 2. The number of hydrogen-bond donors (Lipinski definition) is 1. The van der Waals surface area contributed by atoms with Gasteiger partial charge in [-0.1, -0.05) is 18.2 Å².